The Balaban J connectivity index is 1.81. The van der Waals surface area contributed by atoms with Gasteiger partial charge in [-0.1, -0.05) is 12.1 Å². The highest BCUT2D eigenvalue weighted by Gasteiger charge is 2.24. The number of aromatic hydroxyl groups is 1. The number of carbonyl (C=O) groups is 1. The van der Waals surface area contributed by atoms with Crippen LogP contribution in [0.25, 0.3) is 0 Å². The van der Waals surface area contributed by atoms with E-state index in [2.05, 4.69) is 15.4 Å². The molecule has 9 nitrogen and oxygen atoms in total. The minimum absolute atomic E-state index is 0.0356. The summed E-state index contributed by atoms with van der Waals surface area (Å²) in [5.74, 6) is -0.417. The van der Waals surface area contributed by atoms with E-state index in [9.17, 15) is 14.7 Å². The highest BCUT2D eigenvalue weighted by atomic mass is 16.5. The molecule has 1 aliphatic rings. The molecular formula is C14H15N5O4. The van der Waals surface area contributed by atoms with E-state index in [-0.39, 0.29) is 11.4 Å². The molecule has 2 N–H and O–H groups in total. The Kier molecular flexibility index (Phi) is 4.20. The number of benzene rings is 1. The zero-order chi connectivity index (χ0) is 16.2. The lowest BCUT2D eigenvalue weighted by Gasteiger charge is -2.25. The maximum atomic E-state index is 12.2. The largest absolute Gasteiger partial charge is 0.507 e. The van der Waals surface area contributed by atoms with Gasteiger partial charge in [-0.05, 0) is 12.1 Å². The van der Waals surface area contributed by atoms with Gasteiger partial charge in [-0.15, -0.1) is 9.89 Å². The van der Waals surface area contributed by atoms with Crippen LogP contribution >= 0.6 is 0 Å². The summed E-state index contributed by atoms with van der Waals surface area (Å²) in [6.45, 7) is 1.73. The number of ether oxygens (including phenoxy) is 1. The molecule has 0 bridgehead atoms. The van der Waals surface area contributed by atoms with Gasteiger partial charge in [0, 0.05) is 18.7 Å². The van der Waals surface area contributed by atoms with Crippen LogP contribution in [-0.4, -0.2) is 63.5 Å². The molecule has 9 heteroatoms. The maximum Gasteiger partial charge on any atom is 0.320 e. The molecule has 120 valence electrons. The van der Waals surface area contributed by atoms with Crippen molar-refractivity contribution < 1.29 is 14.6 Å². The molecule has 0 spiro atoms. The van der Waals surface area contributed by atoms with E-state index in [0.29, 0.717) is 31.9 Å². The van der Waals surface area contributed by atoms with E-state index in [1.807, 2.05) is 0 Å². The van der Waals surface area contributed by atoms with Crippen LogP contribution in [0, 0.1) is 0 Å². The van der Waals surface area contributed by atoms with Gasteiger partial charge in [-0.25, -0.2) is 0 Å². The van der Waals surface area contributed by atoms with Crippen LogP contribution < -0.4 is 5.56 Å². The van der Waals surface area contributed by atoms with E-state index in [1.54, 1.807) is 18.2 Å². The second-order valence-corrected chi connectivity index (χ2v) is 4.89. The standard InChI is InChI=1S/C14H15N5O4/c20-11-4-2-1-3-10(11)9-15-19-14(22)12(16-17-19)13(21)18-5-7-23-8-6-18/h1-4,9,17,20H,5-8H2/b15-9+. The predicted molar refractivity (Wildman–Crippen MR) is 80.7 cm³/mol. The van der Waals surface area contributed by atoms with Crippen molar-refractivity contribution >= 4 is 12.1 Å². The molecule has 23 heavy (non-hydrogen) atoms. The fourth-order valence-corrected chi connectivity index (χ4v) is 2.14. The number of amides is 1. The molecule has 2 aromatic rings. The van der Waals surface area contributed by atoms with Crippen molar-refractivity contribution in [2.75, 3.05) is 26.3 Å². The smallest absolute Gasteiger partial charge is 0.320 e. The number of phenols is 1. The Morgan fingerprint density at radius 2 is 2.09 bits per heavy atom. The van der Waals surface area contributed by atoms with Crippen molar-refractivity contribution in [3.05, 3.63) is 45.9 Å². The van der Waals surface area contributed by atoms with Crippen molar-refractivity contribution in [2.24, 2.45) is 5.10 Å². The summed E-state index contributed by atoms with van der Waals surface area (Å²) in [6.07, 6.45) is 1.30. The minimum atomic E-state index is -0.645. The van der Waals surface area contributed by atoms with Crippen molar-refractivity contribution in [3.63, 3.8) is 0 Å². The second kappa shape index (κ2) is 6.44. The van der Waals surface area contributed by atoms with Crippen LogP contribution in [0.2, 0.25) is 0 Å². The van der Waals surface area contributed by atoms with Gasteiger partial charge in [0.15, 0.2) is 0 Å². The molecule has 0 radical (unpaired) electrons. The minimum Gasteiger partial charge on any atom is -0.507 e. The molecule has 0 unspecified atom stereocenters. The van der Waals surface area contributed by atoms with Gasteiger partial charge in [0.1, 0.15) is 5.75 Å². The molecule has 0 aliphatic carbocycles. The van der Waals surface area contributed by atoms with Crippen LogP contribution in [-0.2, 0) is 4.74 Å². The van der Waals surface area contributed by atoms with Crippen LogP contribution in [0.1, 0.15) is 16.1 Å². The highest BCUT2D eigenvalue weighted by molar-refractivity contribution is 5.92. The van der Waals surface area contributed by atoms with Gasteiger partial charge < -0.3 is 14.7 Å². The first kappa shape index (κ1) is 15.0. The third kappa shape index (κ3) is 3.14. The number of aromatic amines is 1. The number of hydrogen-bond acceptors (Lipinski definition) is 6. The number of para-hydroxylation sites is 1. The van der Waals surface area contributed by atoms with E-state index in [0.717, 1.165) is 4.79 Å². The third-order valence-corrected chi connectivity index (χ3v) is 3.40. The molecule has 1 aromatic carbocycles. The summed E-state index contributed by atoms with van der Waals surface area (Å²) < 4.78 is 5.17. The number of morpholine rings is 1. The van der Waals surface area contributed by atoms with Crippen LogP contribution in [0.4, 0.5) is 0 Å². The first-order valence-corrected chi connectivity index (χ1v) is 7.03. The van der Waals surface area contributed by atoms with Gasteiger partial charge >= 0.3 is 5.56 Å². The number of aromatic nitrogens is 3. The number of carbonyl (C=O) groups excluding carboxylic acids is 1. The number of rotatable bonds is 3. The van der Waals surface area contributed by atoms with Gasteiger partial charge in [0.05, 0.1) is 19.4 Å². The molecule has 1 amide bonds. The van der Waals surface area contributed by atoms with E-state index in [1.165, 1.54) is 17.2 Å². The fraction of sp³-hybridized carbons (Fsp3) is 0.286. The maximum absolute atomic E-state index is 12.2. The fourth-order valence-electron chi connectivity index (χ4n) is 2.14. The van der Waals surface area contributed by atoms with Crippen molar-refractivity contribution in [2.45, 2.75) is 0 Å². The number of nitrogens with one attached hydrogen (secondary N) is 1. The number of H-pyrrole nitrogens is 1. The Morgan fingerprint density at radius 3 is 2.83 bits per heavy atom. The topological polar surface area (TPSA) is 113 Å². The molecule has 0 atom stereocenters. The molecule has 0 saturated carbocycles. The summed E-state index contributed by atoms with van der Waals surface area (Å²) in [5.41, 5.74) is -0.426. The molecule has 1 fully saturated rings. The van der Waals surface area contributed by atoms with Crippen molar-refractivity contribution in [3.8, 4) is 5.75 Å². The molecule has 3 rings (SSSR count). The van der Waals surface area contributed by atoms with Crippen LogP contribution in [0.15, 0.2) is 34.2 Å². The van der Waals surface area contributed by atoms with Gasteiger partial charge in [-0.3, -0.25) is 9.59 Å². The summed E-state index contributed by atoms with van der Waals surface area (Å²) in [6, 6.07) is 6.54. The zero-order valence-electron chi connectivity index (χ0n) is 12.2. The van der Waals surface area contributed by atoms with Gasteiger partial charge in [0.25, 0.3) is 5.91 Å². The molecule has 2 heterocycles. The summed E-state index contributed by atoms with van der Waals surface area (Å²) >= 11 is 0. The monoisotopic (exact) mass is 317 g/mol. The average Bonchev–Trinajstić information content (AvgIpc) is 2.95. The quantitative estimate of drug-likeness (QED) is 0.750. The number of nitrogens with zero attached hydrogens (tertiary/aromatic N) is 4. The van der Waals surface area contributed by atoms with Crippen LogP contribution in [0.3, 0.4) is 0 Å². The van der Waals surface area contributed by atoms with Gasteiger partial charge in [-0.2, -0.15) is 10.3 Å². The third-order valence-electron chi connectivity index (χ3n) is 3.40. The molecule has 1 aliphatic heterocycles. The lowest BCUT2D eigenvalue weighted by atomic mass is 10.2. The van der Waals surface area contributed by atoms with Gasteiger partial charge in [0.2, 0.25) is 5.69 Å². The average molecular weight is 317 g/mol. The van der Waals surface area contributed by atoms with E-state index < -0.39 is 11.5 Å². The summed E-state index contributed by atoms with van der Waals surface area (Å²) in [5, 5.41) is 19.7. The highest BCUT2D eigenvalue weighted by Crippen LogP contribution is 2.12. The molecule has 1 aromatic heterocycles. The lowest BCUT2D eigenvalue weighted by molar-refractivity contribution is 0.0298. The Bertz CT molecular complexity index is 788. The normalized spacial score (nSPS) is 15.2. The lowest BCUT2D eigenvalue weighted by Crippen LogP contribution is -2.42. The summed E-state index contributed by atoms with van der Waals surface area (Å²) in [4.78, 5) is 26.8. The van der Waals surface area contributed by atoms with Crippen molar-refractivity contribution in [1.82, 2.24) is 20.0 Å². The first-order chi connectivity index (χ1) is 11.2. The predicted octanol–water partition coefficient (Wildman–Crippen LogP) is -0.368. The summed E-state index contributed by atoms with van der Waals surface area (Å²) in [7, 11) is 0. The molecule has 1 saturated heterocycles. The Hall–Kier alpha value is -2.94. The number of hydrogen-bond donors (Lipinski definition) is 2. The zero-order valence-corrected chi connectivity index (χ0v) is 12.2. The molecular weight excluding hydrogens is 302 g/mol. The van der Waals surface area contributed by atoms with E-state index >= 15 is 0 Å². The number of phenolic OH excluding ortho intramolecular Hbond substituents is 1. The van der Waals surface area contributed by atoms with Crippen LogP contribution in [0.5, 0.6) is 5.75 Å². The Labute approximate surface area is 130 Å². The van der Waals surface area contributed by atoms with Crippen molar-refractivity contribution in [1.29, 1.82) is 0 Å². The van der Waals surface area contributed by atoms with E-state index in [4.69, 9.17) is 4.74 Å². The first-order valence-electron chi connectivity index (χ1n) is 7.03. The SMILES string of the molecule is O=C(c1n[nH]n(/N=C/c2ccccc2O)c1=O)N1CCOCC1. The second-order valence-electron chi connectivity index (χ2n) is 4.89. The Morgan fingerprint density at radius 1 is 1.35 bits per heavy atom.